The van der Waals surface area contributed by atoms with Gasteiger partial charge in [0, 0.05) is 25.2 Å². The largest absolute Gasteiger partial charge is 0.445 e. The number of hydrogen-bond acceptors (Lipinski definition) is 3. The van der Waals surface area contributed by atoms with Crippen LogP contribution in [0.2, 0.25) is 0 Å². The molecule has 2 unspecified atom stereocenters. The Labute approximate surface area is 106 Å². The number of amides is 1. The quantitative estimate of drug-likeness (QED) is 0.802. The second kappa shape index (κ2) is 4.82. The Balaban J connectivity index is 1.53. The molecule has 0 aromatic heterocycles. The van der Waals surface area contributed by atoms with Gasteiger partial charge in [0.15, 0.2) is 0 Å². The number of carbonyl (C=O) groups excluding carboxylic acids is 1. The zero-order chi connectivity index (χ0) is 12.4. The molecule has 1 aromatic rings. The summed E-state index contributed by atoms with van der Waals surface area (Å²) in [4.78, 5) is 13.7. The summed E-state index contributed by atoms with van der Waals surface area (Å²) >= 11 is 0. The summed E-state index contributed by atoms with van der Waals surface area (Å²) in [6.45, 7) is 1.73. The van der Waals surface area contributed by atoms with Gasteiger partial charge in [-0.05, 0) is 5.56 Å². The average molecular weight is 244 g/mol. The van der Waals surface area contributed by atoms with Gasteiger partial charge in [-0.1, -0.05) is 42.5 Å². The highest BCUT2D eigenvalue weighted by molar-refractivity contribution is 5.68. The zero-order valence-corrected chi connectivity index (χ0v) is 10.1. The van der Waals surface area contributed by atoms with Crippen molar-refractivity contribution >= 4 is 6.09 Å². The summed E-state index contributed by atoms with van der Waals surface area (Å²) in [7, 11) is 0. The van der Waals surface area contributed by atoms with Gasteiger partial charge < -0.3 is 15.0 Å². The molecule has 1 aromatic carbocycles. The minimum atomic E-state index is -0.223. The molecule has 2 aliphatic heterocycles. The number of fused-ring (bicyclic) bond motifs is 2. The molecular weight excluding hydrogens is 228 g/mol. The van der Waals surface area contributed by atoms with Crippen LogP contribution < -0.4 is 5.32 Å². The lowest BCUT2D eigenvalue weighted by molar-refractivity contribution is 0.0855. The van der Waals surface area contributed by atoms with E-state index in [-0.39, 0.29) is 18.2 Å². The van der Waals surface area contributed by atoms with E-state index in [1.54, 1.807) is 4.90 Å². The van der Waals surface area contributed by atoms with E-state index in [0.29, 0.717) is 19.7 Å². The first-order chi connectivity index (χ1) is 8.81. The second-order valence-electron chi connectivity index (χ2n) is 4.71. The SMILES string of the molecule is O=C(OCc1ccccc1)N1CC2C=CC(C1)N2. The number of piperazine rings is 1. The highest BCUT2D eigenvalue weighted by atomic mass is 16.6. The van der Waals surface area contributed by atoms with Crippen molar-refractivity contribution in [1.29, 1.82) is 0 Å². The number of nitrogens with one attached hydrogen (secondary N) is 1. The van der Waals surface area contributed by atoms with Crippen LogP contribution in [0, 0.1) is 0 Å². The van der Waals surface area contributed by atoms with E-state index in [4.69, 9.17) is 4.74 Å². The maximum atomic E-state index is 11.9. The topological polar surface area (TPSA) is 41.6 Å². The highest BCUT2D eigenvalue weighted by Crippen LogP contribution is 2.14. The molecule has 18 heavy (non-hydrogen) atoms. The molecule has 4 nitrogen and oxygen atoms in total. The number of ether oxygens (including phenoxy) is 1. The van der Waals surface area contributed by atoms with Crippen LogP contribution in [-0.4, -0.2) is 36.2 Å². The normalized spacial score (nSPS) is 25.2. The van der Waals surface area contributed by atoms with Gasteiger partial charge in [-0.3, -0.25) is 0 Å². The van der Waals surface area contributed by atoms with Crippen LogP contribution in [0.3, 0.4) is 0 Å². The van der Waals surface area contributed by atoms with Crippen LogP contribution in [0.15, 0.2) is 42.5 Å². The molecule has 94 valence electrons. The molecule has 2 atom stereocenters. The number of rotatable bonds is 2. The van der Waals surface area contributed by atoms with Gasteiger partial charge in [-0.25, -0.2) is 4.79 Å². The summed E-state index contributed by atoms with van der Waals surface area (Å²) in [5, 5.41) is 3.39. The first kappa shape index (κ1) is 11.3. The minimum Gasteiger partial charge on any atom is -0.445 e. The molecule has 1 saturated heterocycles. The van der Waals surface area contributed by atoms with E-state index in [1.807, 2.05) is 30.3 Å². The molecule has 0 aliphatic carbocycles. The van der Waals surface area contributed by atoms with Gasteiger partial charge >= 0.3 is 6.09 Å². The van der Waals surface area contributed by atoms with Crippen molar-refractivity contribution in [3.05, 3.63) is 48.0 Å². The van der Waals surface area contributed by atoms with Crippen molar-refractivity contribution < 1.29 is 9.53 Å². The maximum Gasteiger partial charge on any atom is 0.410 e. The van der Waals surface area contributed by atoms with Crippen LogP contribution in [-0.2, 0) is 11.3 Å². The first-order valence-corrected chi connectivity index (χ1v) is 6.21. The molecular formula is C14H16N2O2. The van der Waals surface area contributed by atoms with E-state index in [2.05, 4.69) is 17.5 Å². The van der Waals surface area contributed by atoms with Crippen molar-refractivity contribution in [3.63, 3.8) is 0 Å². The van der Waals surface area contributed by atoms with Crippen molar-refractivity contribution in [2.24, 2.45) is 0 Å². The van der Waals surface area contributed by atoms with Crippen molar-refractivity contribution in [2.75, 3.05) is 13.1 Å². The Morgan fingerprint density at radius 2 is 1.89 bits per heavy atom. The van der Waals surface area contributed by atoms with Crippen molar-refractivity contribution in [3.8, 4) is 0 Å². The number of carbonyl (C=O) groups is 1. The highest BCUT2D eigenvalue weighted by Gasteiger charge is 2.31. The van der Waals surface area contributed by atoms with Crippen LogP contribution in [0.1, 0.15) is 5.56 Å². The Morgan fingerprint density at radius 3 is 2.56 bits per heavy atom. The fourth-order valence-corrected chi connectivity index (χ4v) is 2.39. The Bertz CT molecular complexity index is 444. The van der Waals surface area contributed by atoms with E-state index in [0.717, 1.165) is 5.56 Å². The molecule has 1 fully saturated rings. The lowest BCUT2D eigenvalue weighted by Crippen LogP contribution is -2.53. The summed E-state index contributed by atoms with van der Waals surface area (Å²) in [5.74, 6) is 0. The molecule has 2 heterocycles. The number of nitrogens with zero attached hydrogens (tertiary/aromatic N) is 1. The first-order valence-electron chi connectivity index (χ1n) is 6.21. The maximum absolute atomic E-state index is 11.9. The zero-order valence-electron chi connectivity index (χ0n) is 10.1. The van der Waals surface area contributed by atoms with Gasteiger partial charge in [0.25, 0.3) is 0 Å². The minimum absolute atomic E-state index is 0.223. The van der Waals surface area contributed by atoms with Crippen LogP contribution >= 0.6 is 0 Å². The third kappa shape index (κ3) is 2.38. The Hall–Kier alpha value is -1.81. The lowest BCUT2D eigenvalue weighted by Gasteiger charge is -2.32. The molecule has 1 amide bonds. The van der Waals surface area contributed by atoms with Gasteiger partial charge in [0.1, 0.15) is 6.61 Å². The molecule has 2 bridgehead atoms. The molecule has 0 saturated carbocycles. The van der Waals surface area contributed by atoms with Crippen LogP contribution in [0.4, 0.5) is 4.79 Å². The third-order valence-corrected chi connectivity index (χ3v) is 3.30. The average Bonchev–Trinajstić information content (AvgIpc) is 2.76. The monoisotopic (exact) mass is 244 g/mol. The summed E-state index contributed by atoms with van der Waals surface area (Å²) < 4.78 is 5.32. The van der Waals surface area contributed by atoms with E-state index in [9.17, 15) is 4.79 Å². The van der Waals surface area contributed by atoms with Crippen molar-refractivity contribution in [1.82, 2.24) is 10.2 Å². The van der Waals surface area contributed by atoms with Crippen LogP contribution in [0.5, 0.6) is 0 Å². The van der Waals surface area contributed by atoms with Crippen LogP contribution in [0.25, 0.3) is 0 Å². The second-order valence-corrected chi connectivity index (χ2v) is 4.71. The Morgan fingerprint density at radius 1 is 1.22 bits per heavy atom. The summed E-state index contributed by atoms with van der Waals surface area (Å²) in [6, 6.07) is 10.3. The predicted molar refractivity (Wildman–Crippen MR) is 68.1 cm³/mol. The van der Waals surface area contributed by atoms with Gasteiger partial charge in [0.2, 0.25) is 0 Å². The third-order valence-electron chi connectivity index (χ3n) is 3.30. The Kier molecular flexibility index (Phi) is 3.02. The lowest BCUT2D eigenvalue weighted by atomic mass is 10.2. The number of benzene rings is 1. The molecule has 0 radical (unpaired) electrons. The smallest absolute Gasteiger partial charge is 0.410 e. The summed E-state index contributed by atoms with van der Waals surface area (Å²) in [5.41, 5.74) is 1.02. The van der Waals surface area contributed by atoms with E-state index < -0.39 is 0 Å². The fraction of sp³-hybridized carbons (Fsp3) is 0.357. The molecule has 2 aliphatic rings. The van der Waals surface area contributed by atoms with Gasteiger partial charge in [0.05, 0.1) is 0 Å². The van der Waals surface area contributed by atoms with Gasteiger partial charge in [-0.15, -0.1) is 0 Å². The molecule has 1 N–H and O–H groups in total. The molecule has 4 heteroatoms. The summed E-state index contributed by atoms with van der Waals surface area (Å²) in [6.07, 6.45) is 4.02. The predicted octanol–water partition coefficient (Wildman–Crippen LogP) is 1.54. The fourth-order valence-electron chi connectivity index (χ4n) is 2.39. The van der Waals surface area contributed by atoms with E-state index in [1.165, 1.54) is 0 Å². The van der Waals surface area contributed by atoms with Gasteiger partial charge in [-0.2, -0.15) is 0 Å². The molecule has 0 spiro atoms. The molecule has 3 rings (SSSR count). The standard InChI is InChI=1S/C14H16N2O2/c17-14(18-10-11-4-2-1-3-5-11)16-8-12-6-7-13(9-16)15-12/h1-7,12-13,15H,8-10H2. The number of hydrogen-bond donors (Lipinski definition) is 1. The van der Waals surface area contributed by atoms with E-state index >= 15 is 0 Å². The van der Waals surface area contributed by atoms with Crippen molar-refractivity contribution in [2.45, 2.75) is 18.7 Å².